The third-order valence-corrected chi connectivity index (χ3v) is 10.4. The number of hydrogen-bond acceptors (Lipinski definition) is 9. The summed E-state index contributed by atoms with van der Waals surface area (Å²) < 4.78 is 37.8. The summed E-state index contributed by atoms with van der Waals surface area (Å²) in [6.07, 6.45) is -1.36. The fourth-order valence-electron chi connectivity index (χ4n) is 4.88. The van der Waals surface area contributed by atoms with Gasteiger partial charge in [0, 0.05) is 20.2 Å². The Morgan fingerprint density at radius 2 is 1.77 bits per heavy atom. The summed E-state index contributed by atoms with van der Waals surface area (Å²) >= 11 is 6.78. The lowest BCUT2D eigenvalue weighted by molar-refractivity contribution is -0.0396. The predicted molar refractivity (Wildman–Crippen MR) is 174 cm³/mol. The zero-order valence-electron chi connectivity index (χ0n) is 27.1. The van der Waals surface area contributed by atoms with Gasteiger partial charge in [0.25, 0.3) is 0 Å². The smallest absolute Gasteiger partial charge is 0.459 e. The summed E-state index contributed by atoms with van der Waals surface area (Å²) in [5, 5.41) is 10.5. The molecule has 2 aliphatic rings. The maximum absolute atomic E-state index is 10.0. The lowest BCUT2D eigenvalue weighted by atomic mass is 9.79. The summed E-state index contributed by atoms with van der Waals surface area (Å²) in [7, 11) is -1.73. The topological polar surface area (TPSA) is 106 Å². The van der Waals surface area contributed by atoms with E-state index in [0.29, 0.717) is 41.1 Å². The molecular weight excluding hydrogens is 601 g/mol. The van der Waals surface area contributed by atoms with Gasteiger partial charge >= 0.3 is 13.1 Å². The van der Waals surface area contributed by atoms with Crippen LogP contribution in [0.15, 0.2) is 30.3 Å². The van der Waals surface area contributed by atoms with Gasteiger partial charge in [-0.15, -0.1) is 0 Å². The van der Waals surface area contributed by atoms with E-state index < -0.39 is 32.5 Å². The Bertz CT molecular complexity index is 1430. The van der Waals surface area contributed by atoms with Gasteiger partial charge in [0.1, 0.15) is 30.6 Å². The Balaban J connectivity index is 1.39. The van der Waals surface area contributed by atoms with E-state index in [0.717, 1.165) is 17.1 Å². The van der Waals surface area contributed by atoms with E-state index in [1.165, 1.54) is 0 Å². The van der Waals surface area contributed by atoms with Crippen molar-refractivity contribution in [3.63, 3.8) is 0 Å². The van der Waals surface area contributed by atoms with Crippen LogP contribution in [0.3, 0.4) is 0 Å². The van der Waals surface area contributed by atoms with Crippen molar-refractivity contribution in [2.24, 2.45) is 0 Å². The molecule has 0 radical (unpaired) electrons. The summed E-state index contributed by atoms with van der Waals surface area (Å²) in [4.78, 5) is 9.69. The summed E-state index contributed by atoms with van der Waals surface area (Å²) in [6.45, 7) is 18.8. The van der Waals surface area contributed by atoms with Crippen LogP contribution in [-0.4, -0.2) is 90.8 Å². The number of benzene rings is 1. The second-order valence-electron chi connectivity index (χ2n) is 13.9. The van der Waals surface area contributed by atoms with Crippen LogP contribution in [-0.2, 0) is 30.3 Å². The molecule has 13 heteroatoms. The van der Waals surface area contributed by atoms with Crippen molar-refractivity contribution in [3.05, 3.63) is 35.4 Å². The summed E-state index contributed by atoms with van der Waals surface area (Å²) in [5.74, 6) is 0. The minimum Gasteiger partial charge on any atom is -0.459 e. The van der Waals surface area contributed by atoms with Gasteiger partial charge < -0.3 is 33.4 Å². The number of fused-ring (bicyclic) bond motifs is 1. The Hall–Kier alpha value is -2.03. The van der Waals surface area contributed by atoms with E-state index >= 15 is 0 Å². The van der Waals surface area contributed by atoms with Crippen molar-refractivity contribution < 1.29 is 33.4 Å². The maximum atomic E-state index is 10.0. The van der Waals surface area contributed by atoms with Crippen molar-refractivity contribution in [1.29, 1.82) is 0 Å². The molecule has 0 aliphatic carbocycles. The number of aromatic nitrogens is 3. The molecule has 2 aromatic heterocycles. The van der Waals surface area contributed by atoms with Gasteiger partial charge in [-0.3, -0.25) is 4.57 Å². The highest BCUT2D eigenvalue weighted by Gasteiger charge is 2.51. The minimum atomic E-state index is -1.27. The highest BCUT2D eigenvalue weighted by atomic mass is 35.5. The van der Waals surface area contributed by atoms with Crippen molar-refractivity contribution in [3.8, 4) is 17.3 Å². The van der Waals surface area contributed by atoms with Crippen molar-refractivity contribution >= 4 is 43.4 Å². The van der Waals surface area contributed by atoms with Crippen LogP contribution >= 0.6 is 11.6 Å². The quantitative estimate of drug-likeness (QED) is 0.217. The molecule has 2 saturated heterocycles. The molecule has 0 spiro atoms. The molecule has 0 saturated carbocycles. The maximum Gasteiger partial charge on any atom is 0.494 e. The largest absolute Gasteiger partial charge is 0.494 e. The van der Waals surface area contributed by atoms with E-state index in [-0.39, 0.29) is 32.2 Å². The van der Waals surface area contributed by atoms with E-state index in [2.05, 4.69) is 19.6 Å². The monoisotopic (exact) mass is 645 g/mol. The molecule has 44 heavy (non-hydrogen) atoms. The molecule has 3 aromatic rings. The van der Waals surface area contributed by atoms with Gasteiger partial charge in [-0.2, -0.15) is 4.98 Å². The second kappa shape index (κ2) is 13.0. The average Bonchev–Trinajstić information content (AvgIpc) is 3.56. The third kappa shape index (κ3) is 7.50. The van der Waals surface area contributed by atoms with Crippen LogP contribution in [0.1, 0.15) is 34.6 Å². The summed E-state index contributed by atoms with van der Waals surface area (Å²) in [5.41, 5.74) is 2.77. The molecule has 1 N–H and O–H groups in total. The van der Waals surface area contributed by atoms with Crippen LogP contribution in [0.2, 0.25) is 30.7 Å². The highest BCUT2D eigenvalue weighted by molar-refractivity contribution is 6.76. The second-order valence-corrected chi connectivity index (χ2v) is 20.0. The first kappa shape index (κ1) is 33.3. The number of ether oxygens (including phenoxy) is 4. The number of aliphatic hydroxyl groups is 1. The molecule has 3 unspecified atom stereocenters. The fourth-order valence-corrected chi connectivity index (χ4v) is 5.89. The minimum absolute atomic E-state index is 0.230. The summed E-state index contributed by atoms with van der Waals surface area (Å²) in [6, 6.07) is 11.1. The molecule has 1 aromatic carbocycles. The van der Waals surface area contributed by atoms with Crippen molar-refractivity contribution in [2.75, 3.05) is 26.4 Å². The number of hydrogen-bond donors (Lipinski definition) is 1. The Kier molecular flexibility index (Phi) is 9.85. The van der Waals surface area contributed by atoms with Gasteiger partial charge in [0.15, 0.2) is 5.65 Å². The molecule has 0 bridgehead atoms. The number of rotatable bonds is 12. The molecule has 4 heterocycles. The Morgan fingerprint density at radius 1 is 1.09 bits per heavy atom. The standard InChI is InChI=1S/C31H45BClN3O7Si/c1-20(16-40-26-18-39-17-25(26)37)41-29-34-24-15-23(33)27(35-28(24)36(29)19-38-13-14-44(6,7)8)21-9-11-22(12-10-21)32-42-30(2,3)31(4,5)43-32/h9-12,15,20,25-26,37H,13-14,16-19H2,1-8H3. The molecular formula is C31H45BClN3O7Si. The molecule has 240 valence electrons. The van der Waals surface area contributed by atoms with E-state index in [1.54, 1.807) is 6.07 Å². The van der Waals surface area contributed by atoms with Crippen molar-refractivity contribution in [1.82, 2.24) is 14.5 Å². The van der Waals surface area contributed by atoms with Crippen LogP contribution in [0.5, 0.6) is 6.01 Å². The normalized spacial score (nSPS) is 22.2. The SMILES string of the molecule is CC(COC1COCC1O)Oc1nc2cc(Cl)c(-c3ccc(B4OC(C)(C)C(C)(C)O4)cc3)nc2n1COCC[Si](C)(C)C. The molecule has 2 aliphatic heterocycles. The molecule has 0 amide bonds. The fraction of sp³-hybridized carbons (Fsp3) is 0.613. The molecule has 3 atom stereocenters. The number of imidazole rings is 1. The molecule has 10 nitrogen and oxygen atoms in total. The van der Waals surface area contributed by atoms with Crippen LogP contribution in [0.25, 0.3) is 22.4 Å². The van der Waals surface area contributed by atoms with Crippen LogP contribution < -0.4 is 10.2 Å². The van der Waals surface area contributed by atoms with Gasteiger partial charge in [-0.25, -0.2) is 4.98 Å². The zero-order valence-corrected chi connectivity index (χ0v) is 28.8. The van der Waals surface area contributed by atoms with E-state index in [4.69, 9.17) is 49.8 Å². The Morgan fingerprint density at radius 3 is 2.39 bits per heavy atom. The van der Waals surface area contributed by atoms with Crippen LogP contribution in [0, 0.1) is 0 Å². The van der Waals surface area contributed by atoms with Crippen molar-refractivity contribution in [2.45, 2.75) is 96.5 Å². The van der Waals surface area contributed by atoms with Gasteiger partial charge in [-0.1, -0.05) is 55.5 Å². The lowest BCUT2D eigenvalue weighted by Crippen LogP contribution is -2.41. The predicted octanol–water partition coefficient (Wildman–Crippen LogP) is 4.91. The Labute approximate surface area is 266 Å². The van der Waals surface area contributed by atoms with Gasteiger partial charge in [0.2, 0.25) is 0 Å². The molecule has 5 rings (SSSR count). The van der Waals surface area contributed by atoms with Gasteiger partial charge in [-0.05, 0) is 52.2 Å². The zero-order chi connectivity index (χ0) is 31.9. The molecule has 2 fully saturated rings. The first-order valence-electron chi connectivity index (χ1n) is 15.3. The first-order valence-corrected chi connectivity index (χ1v) is 19.4. The van der Waals surface area contributed by atoms with Gasteiger partial charge in [0.05, 0.1) is 41.7 Å². The number of pyridine rings is 1. The average molecular weight is 646 g/mol. The van der Waals surface area contributed by atoms with Crippen LogP contribution in [0.4, 0.5) is 0 Å². The first-order chi connectivity index (χ1) is 20.6. The third-order valence-electron chi connectivity index (χ3n) is 8.42. The number of halogens is 1. The van der Waals surface area contributed by atoms with E-state index in [9.17, 15) is 5.11 Å². The number of aliphatic hydroxyl groups excluding tert-OH is 1. The lowest BCUT2D eigenvalue weighted by Gasteiger charge is -2.32. The highest BCUT2D eigenvalue weighted by Crippen LogP contribution is 2.37. The number of nitrogens with zero attached hydrogens (tertiary/aromatic N) is 3. The van der Waals surface area contributed by atoms with E-state index in [1.807, 2.05) is 63.5 Å².